The lowest BCUT2D eigenvalue weighted by molar-refractivity contribution is 0.527. The van der Waals surface area contributed by atoms with Gasteiger partial charge in [0, 0.05) is 12.6 Å². The van der Waals surface area contributed by atoms with Crippen molar-refractivity contribution in [2.75, 3.05) is 6.54 Å². The first-order chi connectivity index (χ1) is 9.20. The number of nitriles is 1. The molecule has 0 saturated carbocycles. The van der Waals surface area contributed by atoms with E-state index in [-0.39, 0.29) is 12.0 Å². The average Bonchev–Trinajstić information content (AvgIpc) is 2.98. The highest BCUT2D eigenvalue weighted by molar-refractivity contribution is 5.35. The van der Waals surface area contributed by atoms with Crippen molar-refractivity contribution in [1.82, 2.24) is 25.5 Å². The number of rotatable bonds is 5. The van der Waals surface area contributed by atoms with Crippen LogP contribution in [0.4, 0.5) is 0 Å². The van der Waals surface area contributed by atoms with Crippen LogP contribution >= 0.6 is 0 Å². The van der Waals surface area contributed by atoms with E-state index in [1.807, 2.05) is 31.2 Å². The summed E-state index contributed by atoms with van der Waals surface area (Å²) in [5.74, 6) is 0.00477. The molecule has 0 aliphatic heterocycles. The average molecular weight is 256 g/mol. The lowest BCUT2D eigenvalue weighted by Crippen LogP contribution is -2.23. The zero-order chi connectivity index (χ0) is 13.7. The van der Waals surface area contributed by atoms with Crippen LogP contribution in [0.15, 0.2) is 30.6 Å². The molecule has 0 aliphatic rings. The highest BCUT2D eigenvalue weighted by Gasteiger charge is 2.08. The summed E-state index contributed by atoms with van der Waals surface area (Å²) in [5, 5.41) is 23.2. The molecule has 1 aromatic carbocycles. The van der Waals surface area contributed by atoms with Crippen molar-refractivity contribution in [3.8, 4) is 11.8 Å². The number of tetrazole rings is 1. The molecule has 6 heteroatoms. The smallest absolute Gasteiger partial charge is 0.143 e. The Morgan fingerprint density at radius 1 is 1.42 bits per heavy atom. The third-order valence-corrected chi connectivity index (χ3v) is 2.93. The van der Waals surface area contributed by atoms with Gasteiger partial charge in [-0.05, 0) is 42.0 Å². The second-order valence-corrected chi connectivity index (χ2v) is 4.51. The number of hydrogen-bond donors (Lipinski definition) is 1. The first kappa shape index (κ1) is 13.2. The molecule has 2 aromatic rings. The van der Waals surface area contributed by atoms with Gasteiger partial charge in [-0.2, -0.15) is 5.26 Å². The topological polar surface area (TPSA) is 79.4 Å². The molecular formula is C13H16N6. The van der Waals surface area contributed by atoms with Crippen LogP contribution in [-0.4, -0.2) is 26.8 Å². The van der Waals surface area contributed by atoms with Crippen LogP contribution in [0.1, 0.15) is 25.5 Å². The maximum Gasteiger partial charge on any atom is 0.143 e. The van der Waals surface area contributed by atoms with Crippen molar-refractivity contribution in [3.05, 3.63) is 36.2 Å². The summed E-state index contributed by atoms with van der Waals surface area (Å²) in [6.45, 7) is 4.65. The first-order valence-electron chi connectivity index (χ1n) is 6.17. The van der Waals surface area contributed by atoms with E-state index in [2.05, 4.69) is 33.8 Å². The molecule has 2 unspecified atom stereocenters. The minimum Gasteiger partial charge on any atom is -0.309 e. The maximum absolute atomic E-state index is 8.77. The number of benzene rings is 1. The van der Waals surface area contributed by atoms with E-state index in [0.29, 0.717) is 6.54 Å². The van der Waals surface area contributed by atoms with E-state index in [4.69, 9.17) is 5.26 Å². The largest absolute Gasteiger partial charge is 0.309 e. The van der Waals surface area contributed by atoms with Gasteiger partial charge in [-0.25, -0.2) is 4.68 Å². The second-order valence-electron chi connectivity index (χ2n) is 4.51. The molecule has 2 atom stereocenters. The molecule has 0 saturated heterocycles. The molecule has 1 N–H and O–H groups in total. The molecule has 1 aromatic heterocycles. The predicted octanol–water partition coefficient (Wildman–Crippen LogP) is 1.47. The van der Waals surface area contributed by atoms with Crippen LogP contribution in [0.3, 0.4) is 0 Å². The summed E-state index contributed by atoms with van der Waals surface area (Å²) in [4.78, 5) is 0. The summed E-state index contributed by atoms with van der Waals surface area (Å²) < 4.78 is 1.62. The molecular weight excluding hydrogens is 240 g/mol. The highest BCUT2D eigenvalue weighted by atomic mass is 15.5. The molecule has 0 bridgehead atoms. The summed E-state index contributed by atoms with van der Waals surface area (Å²) in [5.41, 5.74) is 2.06. The van der Waals surface area contributed by atoms with Gasteiger partial charge in [-0.15, -0.1) is 5.10 Å². The normalized spacial score (nSPS) is 13.7. The van der Waals surface area contributed by atoms with Gasteiger partial charge >= 0.3 is 0 Å². The van der Waals surface area contributed by atoms with E-state index in [1.54, 1.807) is 11.0 Å². The van der Waals surface area contributed by atoms with Gasteiger partial charge in [0.15, 0.2) is 0 Å². The molecule has 0 radical (unpaired) electrons. The Labute approximate surface area is 112 Å². The van der Waals surface area contributed by atoms with E-state index < -0.39 is 0 Å². The van der Waals surface area contributed by atoms with Gasteiger partial charge in [0.25, 0.3) is 0 Å². The van der Waals surface area contributed by atoms with Crippen LogP contribution in [0.5, 0.6) is 0 Å². The fraction of sp³-hybridized carbons (Fsp3) is 0.385. The minimum absolute atomic E-state index is 0.00477. The third kappa shape index (κ3) is 3.36. The van der Waals surface area contributed by atoms with Crippen molar-refractivity contribution >= 4 is 0 Å². The number of nitrogens with one attached hydrogen (secondary N) is 1. The molecule has 98 valence electrons. The van der Waals surface area contributed by atoms with Gasteiger partial charge in [-0.1, -0.05) is 12.1 Å². The van der Waals surface area contributed by atoms with Crippen molar-refractivity contribution in [2.45, 2.75) is 19.9 Å². The van der Waals surface area contributed by atoms with Crippen LogP contribution in [0.25, 0.3) is 5.69 Å². The lowest BCUT2D eigenvalue weighted by Gasteiger charge is -2.15. The Morgan fingerprint density at radius 2 is 2.26 bits per heavy atom. The Balaban J connectivity index is 2.09. The monoisotopic (exact) mass is 256 g/mol. The number of nitrogens with zero attached hydrogens (tertiary/aromatic N) is 5. The van der Waals surface area contributed by atoms with Gasteiger partial charge < -0.3 is 5.32 Å². The van der Waals surface area contributed by atoms with Crippen LogP contribution in [-0.2, 0) is 0 Å². The van der Waals surface area contributed by atoms with Gasteiger partial charge in [0.05, 0.1) is 17.7 Å². The molecule has 0 amide bonds. The summed E-state index contributed by atoms with van der Waals surface area (Å²) in [7, 11) is 0. The van der Waals surface area contributed by atoms with Crippen molar-refractivity contribution in [3.63, 3.8) is 0 Å². The van der Waals surface area contributed by atoms with Crippen LogP contribution < -0.4 is 5.32 Å². The van der Waals surface area contributed by atoms with Crippen molar-refractivity contribution < 1.29 is 0 Å². The Bertz CT molecular complexity index is 557. The molecule has 0 spiro atoms. The molecule has 0 aliphatic carbocycles. The van der Waals surface area contributed by atoms with Crippen LogP contribution in [0.2, 0.25) is 0 Å². The standard InChI is InChI=1S/C13H16N6/c1-10(7-14)8-15-11(2)12-4-3-5-13(6-12)19-9-16-17-18-19/h3-6,9-11,15H,8H2,1-2H3. The molecule has 2 rings (SSSR count). The summed E-state index contributed by atoms with van der Waals surface area (Å²) >= 11 is 0. The zero-order valence-corrected chi connectivity index (χ0v) is 11.0. The van der Waals surface area contributed by atoms with E-state index in [9.17, 15) is 0 Å². The number of aromatic nitrogens is 4. The predicted molar refractivity (Wildman–Crippen MR) is 70.3 cm³/mol. The first-order valence-corrected chi connectivity index (χ1v) is 6.17. The second kappa shape index (κ2) is 6.07. The summed E-state index contributed by atoms with van der Waals surface area (Å²) in [6, 6.07) is 10.4. The summed E-state index contributed by atoms with van der Waals surface area (Å²) in [6.07, 6.45) is 1.56. The van der Waals surface area contributed by atoms with Crippen molar-refractivity contribution in [2.24, 2.45) is 5.92 Å². The van der Waals surface area contributed by atoms with Crippen LogP contribution in [0, 0.1) is 17.2 Å². The van der Waals surface area contributed by atoms with E-state index in [0.717, 1.165) is 11.3 Å². The zero-order valence-electron chi connectivity index (χ0n) is 11.0. The fourth-order valence-corrected chi connectivity index (χ4v) is 1.73. The molecule has 6 nitrogen and oxygen atoms in total. The molecule has 0 fully saturated rings. The quantitative estimate of drug-likeness (QED) is 0.876. The number of hydrogen-bond acceptors (Lipinski definition) is 5. The molecule has 1 heterocycles. The Kier molecular flexibility index (Phi) is 4.21. The Morgan fingerprint density at radius 3 is 2.95 bits per heavy atom. The third-order valence-electron chi connectivity index (χ3n) is 2.93. The fourth-order valence-electron chi connectivity index (χ4n) is 1.73. The van der Waals surface area contributed by atoms with Gasteiger partial charge in [0.2, 0.25) is 0 Å². The van der Waals surface area contributed by atoms with Gasteiger partial charge in [-0.3, -0.25) is 0 Å². The van der Waals surface area contributed by atoms with Gasteiger partial charge in [0.1, 0.15) is 6.33 Å². The lowest BCUT2D eigenvalue weighted by atomic mass is 10.1. The highest BCUT2D eigenvalue weighted by Crippen LogP contribution is 2.16. The maximum atomic E-state index is 8.77. The van der Waals surface area contributed by atoms with E-state index in [1.165, 1.54) is 0 Å². The molecule has 19 heavy (non-hydrogen) atoms. The minimum atomic E-state index is 0.00477. The SMILES string of the molecule is CC(C#N)CNC(C)c1cccc(-n2cnnn2)c1. The van der Waals surface area contributed by atoms with Crippen molar-refractivity contribution in [1.29, 1.82) is 5.26 Å². The Hall–Kier alpha value is -2.26. The van der Waals surface area contributed by atoms with E-state index >= 15 is 0 Å².